The number of benzene rings is 2. The molecule has 0 fully saturated rings. The quantitative estimate of drug-likeness (QED) is 0.308. The molecule has 6 heteroatoms. The number of nitrogens with one attached hydrogen (secondary N) is 1. The first-order valence-electron chi connectivity index (χ1n) is 10.1. The lowest BCUT2D eigenvalue weighted by Gasteiger charge is -2.16. The summed E-state index contributed by atoms with van der Waals surface area (Å²) in [6.45, 7) is 5.94. The van der Waals surface area contributed by atoms with Crippen molar-refractivity contribution >= 4 is 35.3 Å². The van der Waals surface area contributed by atoms with Gasteiger partial charge in [0, 0.05) is 5.57 Å². The number of amides is 1. The van der Waals surface area contributed by atoms with Gasteiger partial charge in [-0.2, -0.15) is 11.8 Å². The monoisotopic (exact) mass is 427 g/mol. The molecule has 30 heavy (non-hydrogen) atoms. The highest BCUT2D eigenvalue weighted by Crippen LogP contribution is 2.21. The summed E-state index contributed by atoms with van der Waals surface area (Å²) in [4.78, 5) is 24.6. The van der Waals surface area contributed by atoms with E-state index in [1.54, 1.807) is 17.8 Å². The second-order valence-electron chi connectivity index (χ2n) is 7.01. The van der Waals surface area contributed by atoms with Crippen molar-refractivity contribution in [1.82, 2.24) is 5.32 Å². The Morgan fingerprint density at radius 3 is 2.33 bits per heavy atom. The van der Waals surface area contributed by atoms with E-state index in [9.17, 15) is 14.7 Å². The Morgan fingerprint density at radius 1 is 1.10 bits per heavy atom. The standard InChI is InChI=1S/C24H29NO4S/c1-4-30-15-14-22(24(27)28)25-23(26)21(19-8-6-5-7-9-19)16-18-10-12-20(13-11-18)29-17(2)3/h5-13,16-17,22H,4,14-15H2,1-3H3,(H,25,26)(H,27,28)/b21-16+. The van der Waals surface area contributed by atoms with Gasteiger partial charge < -0.3 is 15.2 Å². The van der Waals surface area contributed by atoms with E-state index >= 15 is 0 Å². The van der Waals surface area contributed by atoms with Crippen LogP contribution < -0.4 is 10.1 Å². The minimum absolute atomic E-state index is 0.0795. The molecule has 0 saturated carbocycles. The van der Waals surface area contributed by atoms with Crippen molar-refractivity contribution in [2.24, 2.45) is 0 Å². The van der Waals surface area contributed by atoms with Gasteiger partial charge in [0.1, 0.15) is 11.8 Å². The minimum atomic E-state index is -1.03. The predicted molar refractivity (Wildman–Crippen MR) is 124 cm³/mol. The summed E-state index contributed by atoms with van der Waals surface area (Å²) < 4.78 is 5.66. The minimum Gasteiger partial charge on any atom is -0.491 e. The smallest absolute Gasteiger partial charge is 0.326 e. The molecule has 2 aromatic carbocycles. The van der Waals surface area contributed by atoms with Gasteiger partial charge >= 0.3 is 5.97 Å². The molecule has 0 aromatic heterocycles. The molecule has 0 heterocycles. The van der Waals surface area contributed by atoms with Gasteiger partial charge in [0.15, 0.2) is 0 Å². The van der Waals surface area contributed by atoms with E-state index < -0.39 is 17.9 Å². The fourth-order valence-electron chi connectivity index (χ4n) is 2.82. The molecule has 2 rings (SSSR count). The number of hydrogen-bond donors (Lipinski definition) is 2. The molecule has 0 aliphatic rings. The maximum Gasteiger partial charge on any atom is 0.326 e. The lowest BCUT2D eigenvalue weighted by atomic mass is 10.0. The SMILES string of the molecule is CCSCCC(NC(=O)/C(=C/c1ccc(OC(C)C)cc1)c1ccccc1)C(=O)O. The summed E-state index contributed by atoms with van der Waals surface area (Å²) in [7, 11) is 0. The number of rotatable bonds is 11. The van der Waals surface area contributed by atoms with E-state index in [0.717, 1.165) is 22.6 Å². The third-order valence-electron chi connectivity index (χ3n) is 4.25. The van der Waals surface area contributed by atoms with Crippen LogP contribution in [0.25, 0.3) is 11.6 Å². The maximum absolute atomic E-state index is 13.0. The molecule has 0 radical (unpaired) electrons. The Labute approximate surface area is 182 Å². The molecule has 0 saturated heterocycles. The highest BCUT2D eigenvalue weighted by atomic mass is 32.2. The van der Waals surface area contributed by atoms with Gasteiger partial charge in [0.2, 0.25) is 0 Å². The van der Waals surface area contributed by atoms with Gasteiger partial charge in [0.25, 0.3) is 5.91 Å². The zero-order valence-electron chi connectivity index (χ0n) is 17.6. The molecule has 160 valence electrons. The molecule has 2 aromatic rings. The van der Waals surface area contributed by atoms with E-state index in [4.69, 9.17) is 4.74 Å². The number of carbonyl (C=O) groups excluding carboxylic acids is 1. The van der Waals surface area contributed by atoms with Crippen LogP contribution in [0.15, 0.2) is 54.6 Å². The summed E-state index contributed by atoms with van der Waals surface area (Å²) in [5, 5.41) is 12.2. The molecule has 0 aliphatic carbocycles. The average Bonchev–Trinajstić information content (AvgIpc) is 2.72. The molecule has 1 amide bonds. The van der Waals surface area contributed by atoms with Crippen molar-refractivity contribution in [2.45, 2.75) is 39.3 Å². The first-order valence-corrected chi connectivity index (χ1v) is 11.2. The highest BCUT2D eigenvalue weighted by molar-refractivity contribution is 7.99. The van der Waals surface area contributed by atoms with Crippen LogP contribution in [-0.4, -0.2) is 40.6 Å². The number of carbonyl (C=O) groups is 2. The summed E-state index contributed by atoms with van der Waals surface area (Å²) in [5.41, 5.74) is 1.97. The third-order valence-corrected chi connectivity index (χ3v) is 5.18. The van der Waals surface area contributed by atoms with E-state index in [1.165, 1.54) is 0 Å². The zero-order chi connectivity index (χ0) is 21.9. The first-order chi connectivity index (χ1) is 14.4. The van der Waals surface area contributed by atoms with Crippen molar-refractivity contribution in [3.63, 3.8) is 0 Å². The highest BCUT2D eigenvalue weighted by Gasteiger charge is 2.22. The number of carboxylic acids is 1. The number of ether oxygens (including phenoxy) is 1. The number of hydrogen-bond acceptors (Lipinski definition) is 4. The van der Waals surface area contributed by atoms with Crippen LogP contribution in [0.2, 0.25) is 0 Å². The molecule has 0 spiro atoms. The van der Waals surface area contributed by atoms with Crippen molar-refractivity contribution in [3.8, 4) is 5.75 Å². The molecular weight excluding hydrogens is 398 g/mol. The van der Waals surface area contributed by atoms with Crippen LogP contribution in [0.1, 0.15) is 38.3 Å². The average molecular weight is 428 g/mol. The van der Waals surface area contributed by atoms with Crippen molar-refractivity contribution in [3.05, 3.63) is 65.7 Å². The van der Waals surface area contributed by atoms with Gasteiger partial charge in [-0.1, -0.05) is 49.4 Å². The molecule has 0 aliphatic heterocycles. The molecule has 1 unspecified atom stereocenters. The summed E-state index contributed by atoms with van der Waals surface area (Å²) in [6.07, 6.45) is 2.22. The maximum atomic E-state index is 13.0. The Hall–Kier alpha value is -2.73. The largest absolute Gasteiger partial charge is 0.491 e. The van der Waals surface area contributed by atoms with Gasteiger partial charge in [-0.05, 0) is 61.1 Å². The summed E-state index contributed by atoms with van der Waals surface area (Å²) in [6, 6.07) is 15.8. The first kappa shape index (κ1) is 23.5. The Bertz CT molecular complexity index is 847. The molecule has 0 bridgehead atoms. The van der Waals surface area contributed by atoms with Crippen LogP contribution in [0.5, 0.6) is 5.75 Å². The van der Waals surface area contributed by atoms with Gasteiger partial charge in [-0.15, -0.1) is 0 Å². The van der Waals surface area contributed by atoms with Crippen molar-refractivity contribution in [1.29, 1.82) is 0 Å². The molecular formula is C24H29NO4S. The van der Waals surface area contributed by atoms with Gasteiger partial charge in [-0.25, -0.2) is 4.79 Å². The molecule has 2 N–H and O–H groups in total. The second kappa shape index (κ2) is 12.1. The van der Waals surface area contributed by atoms with E-state index in [1.807, 2.05) is 75.4 Å². The predicted octanol–water partition coefficient (Wildman–Crippen LogP) is 4.73. The van der Waals surface area contributed by atoms with Gasteiger partial charge in [-0.3, -0.25) is 4.79 Å². The van der Waals surface area contributed by atoms with Crippen LogP contribution in [0.3, 0.4) is 0 Å². The van der Waals surface area contributed by atoms with Crippen LogP contribution in [-0.2, 0) is 9.59 Å². The number of thioether (sulfide) groups is 1. The fraction of sp³-hybridized carbons (Fsp3) is 0.333. The van der Waals surface area contributed by atoms with E-state index in [2.05, 4.69) is 5.32 Å². The fourth-order valence-corrected chi connectivity index (χ4v) is 3.51. The second-order valence-corrected chi connectivity index (χ2v) is 8.40. The van der Waals surface area contributed by atoms with E-state index in [0.29, 0.717) is 17.7 Å². The Balaban J connectivity index is 2.27. The van der Waals surface area contributed by atoms with Crippen LogP contribution >= 0.6 is 11.8 Å². The molecule has 1 atom stereocenters. The topological polar surface area (TPSA) is 75.6 Å². The van der Waals surface area contributed by atoms with Crippen LogP contribution in [0, 0.1) is 0 Å². The number of aliphatic carboxylic acids is 1. The summed E-state index contributed by atoms with van der Waals surface area (Å²) in [5.74, 6) is 0.911. The Morgan fingerprint density at radius 2 is 1.77 bits per heavy atom. The van der Waals surface area contributed by atoms with Gasteiger partial charge in [0.05, 0.1) is 6.10 Å². The van der Waals surface area contributed by atoms with Crippen molar-refractivity contribution in [2.75, 3.05) is 11.5 Å². The Kier molecular flexibility index (Phi) is 9.48. The third kappa shape index (κ3) is 7.59. The van der Waals surface area contributed by atoms with E-state index in [-0.39, 0.29) is 6.10 Å². The normalized spacial score (nSPS) is 12.5. The van der Waals surface area contributed by atoms with Crippen LogP contribution in [0.4, 0.5) is 0 Å². The summed E-state index contributed by atoms with van der Waals surface area (Å²) >= 11 is 1.65. The lowest BCUT2D eigenvalue weighted by Crippen LogP contribution is -2.41. The van der Waals surface area contributed by atoms with Crippen molar-refractivity contribution < 1.29 is 19.4 Å². The lowest BCUT2D eigenvalue weighted by molar-refractivity contribution is -0.141. The zero-order valence-corrected chi connectivity index (χ0v) is 18.4. The molecule has 5 nitrogen and oxygen atoms in total. The number of carboxylic acid groups (broad SMARTS) is 1.